The zero-order valence-electron chi connectivity index (χ0n) is 13.8. The number of carbonyl (C=O) groups excluding carboxylic acids is 3. The van der Waals surface area contributed by atoms with Gasteiger partial charge in [0.15, 0.2) is 11.6 Å². The maximum absolute atomic E-state index is 11.3. The summed E-state index contributed by atoms with van der Waals surface area (Å²) in [5.74, 6) is 1.73. The van der Waals surface area contributed by atoms with Gasteiger partial charge in [0.1, 0.15) is 18.3 Å². The minimum absolute atomic E-state index is 0.170. The van der Waals surface area contributed by atoms with Crippen LogP contribution >= 0.6 is 31.9 Å². The van der Waals surface area contributed by atoms with Crippen LogP contribution in [0.5, 0.6) is 11.5 Å². The lowest BCUT2D eigenvalue weighted by molar-refractivity contribution is -0.0980. The topological polar surface area (TPSA) is 69.7 Å². The van der Waals surface area contributed by atoms with E-state index in [-0.39, 0.29) is 11.6 Å². The lowest BCUT2D eigenvalue weighted by Crippen LogP contribution is -2.14. The van der Waals surface area contributed by atoms with Gasteiger partial charge in [-0.15, -0.1) is 0 Å². The molecule has 0 unspecified atom stereocenters. The first kappa shape index (κ1) is 20.3. The van der Waals surface area contributed by atoms with Crippen LogP contribution in [0.4, 0.5) is 0 Å². The van der Waals surface area contributed by atoms with Crippen LogP contribution in [0.1, 0.15) is 33.6 Å². The maximum atomic E-state index is 11.3. The second kappa shape index (κ2) is 9.64. The van der Waals surface area contributed by atoms with Crippen molar-refractivity contribution in [2.75, 3.05) is 13.2 Å². The van der Waals surface area contributed by atoms with E-state index >= 15 is 0 Å². The summed E-state index contributed by atoms with van der Waals surface area (Å²) >= 11 is 6.64. The third kappa shape index (κ3) is 5.02. The number of Topliss-reactive ketones (excluding diaryl/α,β-unsaturated/α-hetero) is 2. The molecule has 2 aliphatic rings. The summed E-state index contributed by atoms with van der Waals surface area (Å²) in [7, 11) is 0. The Morgan fingerprint density at radius 3 is 1.50 bits per heavy atom. The van der Waals surface area contributed by atoms with Crippen LogP contribution in [0.25, 0.3) is 0 Å². The summed E-state index contributed by atoms with van der Waals surface area (Å²) in [6.45, 7) is 3.00. The smallest absolute Gasteiger partial charge is 0.169 e. The van der Waals surface area contributed by atoms with Crippen LogP contribution in [0, 0.1) is 0 Å². The van der Waals surface area contributed by atoms with Crippen molar-refractivity contribution < 1.29 is 23.9 Å². The van der Waals surface area contributed by atoms with Crippen molar-refractivity contribution in [2.45, 2.75) is 12.8 Å². The maximum Gasteiger partial charge on any atom is 0.169 e. The highest BCUT2D eigenvalue weighted by Gasteiger charge is 2.18. The van der Waals surface area contributed by atoms with Gasteiger partial charge in [0.2, 0.25) is 0 Å². The van der Waals surface area contributed by atoms with Gasteiger partial charge in [-0.3, -0.25) is 9.59 Å². The molecule has 2 heterocycles. The number of ether oxygens (including phenoxy) is 2. The summed E-state index contributed by atoms with van der Waals surface area (Å²) in [5.41, 5.74) is 1.40. The minimum atomic E-state index is 0.170. The Morgan fingerprint density at radius 1 is 0.731 bits per heavy atom. The number of hydrogen-bond donors (Lipinski definition) is 0. The molecule has 2 aliphatic heterocycles. The molecule has 0 N–H and O–H groups in total. The van der Waals surface area contributed by atoms with Crippen LogP contribution in [0.2, 0.25) is 0 Å². The van der Waals surface area contributed by atoms with Crippen molar-refractivity contribution in [3.63, 3.8) is 0 Å². The van der Waals surface area contributed by atoms with Crippen molar-refractivity contribution in [3.05, 3.63) is 56.5 Å². The zero-order valence-corrected chi connectivity index (χ0v) is 17.0. The molecule has 2 aromatic carbocycles. The molecule has 0 saturated heterocycles. The van der Waals surface area contributed by atoms with Crippen molar-refractivity contribution in [3.8, 4) is 11.5 Å². The third-order valence-corrected chi connectivity index (χ3v) is 4.65. The van der Waals surface area contributed by atoms with E-state index in [1.54, 1.807) is 12.1 Å². The Labute approximate surface area is 167 Å². The summed E-state index contributed by atoms with van der Waals surface area (Å²) < 4.78 is 12.5. The number of fused-ring (bicyclic) bond motifs is 2. The van der Waals surface area contributed by atoms with E-state index in [0.29, 0.717) is 48.7 Å². The first-order valence-electron chi connectivity index (χ1n) is 7.74. The van der Waals surface area contributed by atoms with Gasteiger partial charge in [0.05, 0.1) is 24.3 Å². The van der Waals surface area contributed by atoms with E-state index in [4.69, 9.17) is 14.3 Å². The molecule has 0 atom stereocenters. The molecule has 4 rings (SSSR count). The van der Waals surface area contributed by atoms with Crippen molar-refractivity contribution in [2.24, 2.45) is 0 Å². The van der Waals surface area contributed by atoms with Gasteiger partial charge in [-0.05, 0) is 36.4 Å². The molecule has 7 heteroatoms. The zero-order chi connectivity index (χ0) is 19.1. The van der Waals surface area contributed by atoms with Gasteiger partial charge in [0.25, 0.3) is 0 Å². The second-order valence-corrected chi connectivity index (χ2v) is 7.16. The summed E-state index contributed by atoms with van der Waals surface area (Å²) in [6.07, 6.45) is 0.989. The Hall–Kier alpha value is -1.99. The third-order valence-electron chi connectivity index (χ3n) is 3.66. The van der Waals surface area contributed by atoms with E-state index in [1.165, 1.54) is 0 Å². The average Bonchev–Trinajstić information content (AvgIpc) is 2.64. The van der Waals surface area contributed by atoms with E-state index in [2.05, 4.69) is 31.9 Å². The fraction of sp³-hybridized carbons (Fsp3) is 0.211. The molecule has 0 radical (unpaired) electrons. The van der Waals surface area contributed by atoms with Crippen molar-refractivity contribution >= 4 is 50.2 Å². The van der Waals surface area contributed by atoms with Gasteiger partial charge in [-0.1, -0.05) is 31.9 Å². The lowest BCUT2D eigenvalue weighted by atomic mass is 10.1. The molecule has 136 valence electrons. The molecule has 5 nitrogen and oxygen atoms in total. The molecular formula is C19H16Br2O5. The largest absolute Gasteiger partial charge is 0.492 e. The van der Waals surface area contributed by atoms with Crippen LogP contribution < -0.4 is 9.47 Å². The highest BCUT2D eigenvalue weighted by atomic mass is 79.9. The quantitative estimate of drug-likeness (QED) is 0.545. The molecule has 26 heavy (non-hydrogen) atoms. The van der Waals surface area contributed by atoms with Crippen molar-refractivity contribution in [1.82, 2.24) is 0 Å². The monoisotopic (exact) mass is 482 g/mol. The summed E-state index contributed by atoms with van der Waals surface area (Å²) in [5, 5.41) is 0. The number of benzene rings is 2. The number of halogens is 2. The highest BCUT2D eigenvalue weighted by molar-refractivity contribution is 9.10. The van der Waals surface area contributed by atoms with Crippen LogP contribution in [0.15, 0.2) is 45.3 Å². The molecule has 0 aliphatic carbocycles. The molecule has 2 aromatic rings. The summed E-state index contributed by atoms with van der Waals surface area (Å²) in [6, 6.07) is 10.9. The van der Waals surface area contributed by atoms with E-state index < -0.39 is 0 Å². The molecular weight excluding hydrogens is 468 g/mol. The van der Waals surface area contributed by atoms with Crippen LogP contribution in [0.3, 0.4) is 0 Å². The SMILES string of the molecule is C=O.O=C1CCOc2cc(Br)ccc21.O=C1CCOc2cc(Br)ccc21. The molecule has 0 amide bonds. The number of carbonyl (C=O) groups is 3. The van der Waals surface area contributed by atoms with Gasteiger partial charge in [0, 0.05) is 21.8 Å². The van der Waals surface area contributed by atoms with E-state index in [1.807, 2.05) is 31.1 Å². The predicted molar refractivity (Wildman–Crippen MR) is 104 cm³/mol. The number of hydrogen-bond acceptors (Lipinski definition) is 5. The Kier molecular flexibility index (Phi) is 7.53. The van der Waals surface area contributed by atoms with Gasteiger partial charge >= 0.3 is 0 Å². The van der Waals surface area contributed by atoms with E-state index in [9.17, 15) is 9.59 Å². The Balaban J connectivity index is 0.000000171. The van der Waals surface area contributed by atoms with Crippen LogP contribution in [-0.2, 0) is 4.79 Å². The average molecular weight is 484 g/mol. The predicted octanol–water partition coefficient (Wildman–Crippen LogP) is 4.64. The van der Waals surface area contributed by atoms with Gasteiger partial charge in [-0.2, -0.15) is 0 Å². The normalized spacial score (nSPS) is 14.2. The molecule has 0 bridgehead atoms. The standard InChI is InChI=1S/2C9H7BrO2.CH2O/c2*10-6-1-2-7-8(11)3-4-12-9(7)5-6;1-2/h2*1-2,5H,3-4H2;1H2. The molecule has 0 saturated carbocycles. The first-order valence-corrected chi connectivity index (χ1v) is 9.33. The second-order valence-electron chi connectivity index (χ2n) is 5.32. The lowest BCUT2D eigenvalue weighted by Gasteiger charge is -2.15. The fourth-order valence-corrected chi connectivity index (χ4v) is 3.15. The number of rotatable bonds is 0. The fourth-order valence-electron chi connectivity index (χ4n) is 2.47. The molecule has 0 fully saturated rings. The van der Waals surface area contributed by atoms with Crippen LogP contribution in [-0.4, -0.2) is 31.6 Å². The first-order chi connectivity index (χ1) is 12.5. The Morgan fingerprint density at radius 2 is 1.12 bits per heavy atom. The molecule has 0 aromatic heterocycles. The highest BCUT2D eigenvalue weighted by Crippen LogP contribution is 2.28. The van der Waals surface area contributed by atoms with E-state index in [0.717, 1.165) is 8.95 Å². The van der Waals surface area contributed by atoms with Gasteiger partial charge < -0.3 is 14.3 Å². The minimum Gasteiger partial charge on any atom is -0.492 e. The van der Waals surface area contributed by atoms with Crippen molar-refractivity contribution in [1.29, 1.82) is 0 Å². The molecule has 0 spiro atoms. The number of ketones is 2. The Bertz CT molecular complexity index is 752. The van der Waals surface area contributed by atoms with Gasteiger partial charge in [-0.25, -0.2) is 0 Å². The summed E-state index contributed by atoms with van der Waals surface area (Å²) in [4.78, 5) is 30.6.